The van der Waals surface area contributed by atoms with Gasteiger partial charge in [0.1, 0.15) is 18.1 Å². The number of hydrogen-bond donors (Lipinski definition) is 0. The fraction of sp³-hybridized carbons (Fsp3) is 0.409. The molecule has 2 bridgehead atoms. The summed E-state index contributed by atoms with van der Waals surface area (Å²) in [5.74, 6) is 4.16. The van der Waals surface area contributed by atoms with Gasteiger partial charge in [-0.2, -0.15) is 10.1 Å². The van der Waals surface area contributed by atoms with E-state index in [0.29, 0.717) is 28.9 Å². The molecule has 6 atom stereocenters. The zero-order valence-corrected chi connectivity index (χ0v) is 15.4. The summed E-state index contributed by atoms with van der Waals surface area (Å²) in [5, 5.41) is 5.31. The van der Waals surface area contributed by atoms with Crippen LogP contribution in [0.1, 0.15) is 12.0 Å². The van der Waals surface area contributed by atoms with Gasteiger partial charge in [-0.1, -0.05) is 18.1 Å². The van der Waals surface area contributed by atoms with Gasteiger partial charge in [-0.05, 0) is 48.3 Å². The smallest absolute Gasteiger partial charge is 0.254 e. The lowest BCUT2D eigenvalue weighted by molar-refractivity contribution is -0.140. The first-order valence-corrected chi connectivity index (χ1v) is 9.48. The van der Waals surface area contributed by atoms with Crippen molar-refractivity contribution in [1.29, 1.82) is 0 Å². The number of rotatable bonds is 5. The van der Waals surface area contributed by atoms with Gasteiger partial charge in [-0.25, -0.2) is 0 Å². The van der Waals surface area contributed by atoms with E-state index in [0.717, 1.165) is 11.4 Å². The first-order chi connectivity index (χ1) is 13.6. The Labute approximate surface area is 163 Å². The SMILES string of the molecule is C#CCOc1ccc(OC)cc1/C=N\N1C(=O)[C@@H]2[C@H]3C=C[C@@H]([C@@H]4C[C@@H]34)[C@@H]2C1=O. The van der Waals surface area contributed by atoms with Crippen molar-refractivity contribution in [3.63, 3.8) is 0 Å². The highest BCUT2D eigenvalue weighted by molar-refractivity contribution is 6.06. The van der Waals surface area contributed by atoms with Crippen LogP contribution in [-0.4, -0.2) is 36.8 Å². The van der Waals surface area contributed by atoms with Crippen LogP contribution < -0.4 is 9.47 Å². The van der Waals surface area contributed by atoms with Crippen LogP contribution in [0.2, 0.25) is 0 Å². The summed E-state index contributed by atoms with van der Waals surface area (Å²) in [6.45, 7) is 0.108. The molecule has 0 radical (unpaired) electrons. The molecular formula is C22H20N2O4. The minimum absolute atomic E-state index is 0.108. The molecule has 6 rings (SSSR count). The third kappa shape index (κ3) is 2.39. The predicted octanol–water partition coefficient (Wildman–Crippen LogP) is 2.09. The van der Waals surface area contributed by atoms with E-state index in [9.17, 15) is 9.59 Å². The summed E-state index contributed by atoms with van der Waals surface area (Å²) in [6, 6.07) is 5.20. The lowest BCUT2D eigenvalue weighted by Gasteiger charge is -2.37. The highest BCUT2D eigenvalue weighted by atomic mass is 16.5. The van der Waals surface area contributed by atoms with Crippen LogP contribution >= 0.6 is 0 Å². The van der Waals surface area contributed by atoms with Crippen molar-refractivity contribution in [2.45, 2.75) is 6.42 Å². The molecule has 1 aromatic rings. The van der Waals surface area contributed by atoms with Crippen molar-refractivity contribution in [3.8, 4) is 23.8 Å². The predicted molar refractivity (Wildman–Crippen MR) is 101 cm³/mol. The molecule has 1 heterocycles. The third-order valence-corrected chi connectivity index (χ3v) is 6.48. The zero-order valence-electron chi connectivity index (χ0n) is 15.4. The standard InChI is InChI=1S/C22H20N2O4/c1-3-8-28-18-7-4-13(27-2)9-12(18)11-23-24-21(25)19-14-5-6-15(17-10-16(14)17)20(19)22(24)26/h1,4-7,9,11,14-17,19-20H,8,10H2,2H3/b23-11-/t14-,15-,16-,17-,19-,20+/m0/s1. The number of amides is 2. The average Bonchev–Trinajstić information content (AvgIpc) is 3.50. The molecular weight excluding hydrogens is 356 g/mol. The topological polar surface area (TPSA) is 68.2 Å². The number of imide groups is 1. The molecule has 1 saturated heterocycles. The summed E-state index contributed by atoms with van der Waals surface area (Å²) < 4.78 is 10.8. The van der Waals surface area contributed by atoms with Crippen molar-refractivity contribution >= 4 is 18.0 Å². The van der Waals surface area contributed by atoms with Crippen LogP contribution in [0.4, 0.5) is 0 Å². The van der Waals surface area contributed by atoms with Crippen molar-refractivity contribution in [3.05, 3.63) is 35.9 Å². The Morgan fingerprint density at radius 1 is 1.21 bits per heavy atom. The Balaban J connectivity index is 1.43. The second-order valence-electron chi connectivity index (χ2n) is 7.78. The molecule has 0 aromatic heterocycles. The summed E-state index contributed by atoms with van der Waals surface area (Å²) in [7, 11) is 1.56. The fourth-order valence-electron chi connectivity index (χ4n) is 5.18. The van der Waals surface area contributed by atoms with E-state index in [4.69, 9.17) is 15.9 Å². The number of ether oxygens (including phenoxy) is 2. The fourth-order valence-corrected chi connectivity index (χ4v) is 5.18. The monoisotopic (exact) mass is 376 g/mol. The van der Waals surface area contributed by atoms with E-state index < -0.39 is 0 Å². The lowest BCUT2D eigenvalue weighted by Crippen LogP contribution is -2.40. The molecule has 2 amide bonds. The average molecular weight is 376 g/mol. The number of carbonyl (C=O) groups excluding carboxylic acids is 2. The highest BCUT2D eigenvalue weighted by Crippen LogP contribution is 2.65. The van der Waals surface area contributed by atoms with Crippen molar-refractivity contribution in [1.82, 2.24) is 5.01 Å². The van der Waals surface area contributed by atoms with Crippen LogP contribution in [-0.2, 0) is 9.59 Å². The van der Waals surface area contributed by atoms with E-state index in [2.05, 4.69) is 23.2 Å². The highest BCUT2D eigenvalue weighted by Gasteiger charge is 2.67. The second-order valence-corrected chi connectivity index (χ2v) is 7.78. The maximum absolute atomic E-state index is 13.0. The number of methoxy groups -OCH3 is 1. The molecule has 4 aliphatic carbocycles. The summed E-state index contributed by atoms with van der Waals surface area (Å²) >= 11 is 0. The number of benzene rings is 1. The normalized spacial score (nSPS) is 34.4. The molecule has 0 N–H and O–H groups in total. The van der Waals surface area contributed by atoms with Crippen molar-refractivity contribution in [2.75, 3.05) is 13.7 Å². The van der Waals surface area contributed by atoms with Crippen LogP contribution in [0.15, 0.2) is 35.5 Å². The number of nitrogens with zero attached hydrogens (tertiary/aromatic N) is 2. The number of terminal acetylenes is 1. The third-order valence-electron chi connectivity index (χ3n) is 6.48. The van der Waals surface area contributed by atoms with Gasteiger partial charge in [0.15, 0.2) is 0 Å². The van der Waals surface area contributed by atoms with Gasteiger partial charge in [0.05, 0.1) is 25.2 Å². The van der Waals surface area contributed by atoms with Gasteiger partial charge in [0, 0.05) is 5.56 Å². The number of hydrogen-bond acceptors (Lipinski definition) is 5. The van der Waals surface area contributed by atoms with Gasteiger partial charge in [-0.15, -0.1) is 6.42 Å². The van der Waals surface area contributed by atoms with Gasteiger partial charge in [0.25, 0.3) is 11.8 Å². The molecule has 0 unspecified atom stereocenters. The van der Waals surface area contributed by atoms with E-state index >= 15 is 0 Å². The first kappa shape index (κ1) is 17.1. The van der Waals surface area contributed by atoms with E-state index in [-0.39, 0.29) is 42.1 Å². The molecule has 6 heteroatoms. The summed E-state index contributed by atoms with van der Waals surface area (Å²) in [4.78, 5) is 26.0. The van der Waals surface area contributed by atoms with E-state index in [1.807, 2.05) is 0 Å². The molecule has 5 aliphatic rings. The molecule has 1 aromatic carbocycles. The van der Waals surface area contributed by atoms with Gasteiger partial charge in [0.2, 0.25) is 0 Å². The molecule has 3 fully saturated rings. The Morgan fingerprint density at radius 3 is 2.50 bits per heavy atom. The molecule has 0 spiro atoms. The number of hydrazone groups is 1. The molecule has 2 saturated carbocycles. The van der Waals surface area contributed by atoms with Crippen LogP contribution in [0, 0.1) is 47.9 Å². The van der Waals surface area contributed by atoms with Crippen molar-refractivity contribution in [2.24, 2.45) is 40.6 Å². The summed E-state index contributed by atoms with van der Waals surface area (Å²) in [6.07, 6.45) is 12.2. The largest absolute Gasteiger partial charge is 0.497 e. The quantitative estimate of drug-likeness (QED) is 0.342. The molecule has 142 valence electrons. The Kier molecular flexibility index (Phi) is 3.80. The number of allylic oxidation sites excluding steroid dienone is 2. The maximum atomic E-state index is 13.0. The van der Waals surface area contributed by atoms with Crippen LogP contribution in [0.3, 0.4) is 0 Å². The Hall–Kier alpha value is -3.07. The lowest BCUT2D eigenvalue weighted by atomic mass is 9.63. The molecule has 1 aliphatic heterocycles. The van der Waals surface area contributed by atoms with Gasteiger partial charge >= 0.3 is 0 Å². The summed E-state index contributed by atoms with van der Waals surface area (Å²) in [5.41, 5.74) is 0.592. The minimum Gasteiger partial charge on any atom is -0.497 e. The maximum Gasteiger partial charge on any atom is 0.254 e. The van der Waals surface area contributed by atoms with E-state index in [1.165, 1.54) is 6.21 Å². The number of carbonyl (C=O) groups is 2. The molecule has 28 heavy (non-hydrogen) atoms. The van der Waals surface area contributed by atoms with Crippen LogP contribution in [0.25, 0.3) is 0 Å². The zero-order chi connectivity index (χ0) is 19.4. The Morgan fingerprint density at radius 2 is 1.89 bits per heavy atom. The van der Waals surface area contributed by atoms with Crippen LogP contribution in [0.5, 0.6) is 11.5 Å². The second kappa shape index (κ2) is 6.23. The van der Waals surface area contributed by atoms with Crippen molar-refractivity contribution < 1.29 is 19.1 Å². The van der Waals surface area contributed by atoms with Gasteiger partial charge in [-0.3, -0.25) is 9.59 Å². The Bertz CT molecular complexity index is 924. The van der Waals surface area contributed by atoms with E-state index in [1.54, 1.807) is 25.3 Å². The first-order valence-electron chi connectivity index (χ1n) is 9.48. The minimum atomic E-state index is -0.258. The van der Waals surface area contributed by atoms with Gasteiger partial charge < -0.3 is 9.47 Å². The molecule has 6 nitrogen and oxygen atoms in total.